The number of hydrogen-bond acceptors (Lipinski definition) is 5. The second-order valence-corrected chi connectivity index (χ2v) is 8.03. The Balaban J connectivity index is 1.61. The van der Waals surface area contributed by atoms with Crippen LogP contribution in [-0.4, -0.2) is 25.8 Å². The number of aryl methyl sites for hydroxylation is 2. The Labute approximate surface area is 174 Å². The molecule has 30 heavy (non-hydrogen) atoms. The second-order valence-electron chi connectivity index (χ2n) is 8.03. The van der Waals surface area contributed by atoms with E-state index in [0.717, 1.165) is 47.7 Å². The van der Waals surface area contributed by atoms with E-state index < -0.39 is 0 Å². The predicted molar refractivity (Wildman–Crippen MR) is 114 cm³/mol. The van der Waals surface area contributed by atoms with Gasteiger partial charge >= 0.3 is 0 Å². The van der Waals surface area contributed by atoms with Crippen molar-refractivity contribution in [1.29, 1.82) is 0 Å². The Morgan fingerprint density at radius 1 is 1.20 bits per heavy atom. The van der Waals surface area contributed by atoms with Crippen LogP contribution < -0.4 is 5.32 Å². The lowest BCUT2D eigenvalue weighted by Crippen LogP contribution is -2.17. The van der Waals surface area contributed by atoms with E-state index in [-0.39, 0.29) is 11.8 Å². The number of amides is 1. The highest BCUT2D eigenvalue weighted by molar-refractivity contribution is 6.12. The number of para-hydroxylation sites is 1. The maximum Gasteiger partial charge on any atom is 0.259 e. The van der Waals surface area contributed by atoms with Crippen LogP contribution >= 0.6 is 0 Å². The van der Waals surface area contributed by atoms with Gasteiger partial charge in [-0.15, -0.1) is 0 Å². The minimum atomic E-state index is -0.206. The summed E-state index contributed by atoms with van der Waals surface area (Å²) in [7, 11) is 0. The minimum absolute atomic E-state index is 0.158. The number of nitrogens with zero attached hydrogens (tertiary/aromatic N) is 4. The van der Waals surface area contributed by atoms with E-state index in [1.165, 1.54) is 0 Å². The monoisotopic (exact) mass is 401 g/mol. The van der Waals surface area contributed by atoms with E-state index in [1.54, 1.807) is 0 Å². The molecular weight excluding hydrogens is 378 g/mol. The highest BCUT2D eigenvalue weighted by Crippen LogP contribution is 2.32. The Morgan fingerprint density at radius 3 is 2.77 bits per heavy atom. The molecule has 0 atom stereocenters. The smallest absolute Gasteiger partial charge is 0.259 e. The molecule has 1 aromatic carbocycles. The Hall–Kier alpha value is -3.48. The lowest BCUT2D eigenvalue weighted by molar-refractivity contribution is 0.102. The molecule has 0 bridgehead atoms. The third-order valence-electron chi connectivity index (χ3n) is 5.61. The summed E-state index contributed by atoms with van der Waals surface area (Å²) in [6, 6.07) is 11.7. The number of nitrogens with one attached hydrogen (secondary N) is 1. The summed E-state index contributed by atoms with van der Waals surface area (Å²) in [6.45, 7) is 5.90. The molecule has 1 N–H and O–H groups in total. The van der Waals surface area contributed by atoms with Crippen LogP contribution in [-0.2, 0) is 12.8 Å². The average Bonchev–Trinajstić information content (AvgIpc) is 3.44. The van der Waals surface area contributed by atoms with E-state index >= 15 is 0 Å². The first kappa shape index (κ1) is 18.5. The molecule has 1 aliphatic rings. The van der Waals surface area contributed by atoms with E-state index in [0.29, 0.717) is 22.4 Å². The summed E-state index contributed by atoms with van der Waals surface area (Å²) < 4.78 is 7.21. The van der Waals surface area contributed by atoms with E-state index in [2.05, 4.69) is 15.5 Å². The van der Waals surface area contributed by atoms with Gasteiger partial charge in [-0.1, -0.05) is 37.2 Å². The van der Waals surface area contributed by atoms with Crippen molar-refractivity contribution in [2.24, 2.45) is 0 Å². The topological polar surface area (TPSA) is 85.8 Å². The number of hydrogen-bond donors (Lipinski definition) is 1. The molecule has 1 aliphatic carbocycles. The summed E-state index contributed by atoms with van der Waals surface area (Å²) in [5.74, 6) is 0.691. The average molecular weight is 401 g/mol. The highest BCUT2D eigenvalue weighted by Gasteiger charge is 2.26. The molecule has 0 unspecified atom stereocenters. The van der Waals surface area contributed by atoms with Crippen molar-refractivity contribution >= 4 is 22.8 Å². The number of anilines is 1. The van der Waals surface area contributed by atoms with Crippen molar-refractivity contribution in [3.63, 3.8) is 0 Å². The minimum Gasteiger partial charge on any atom is -0.336 e. The molecule has 0 spiro atoms. The summed E-state index contributed by atoms with van der Waals surface area (Å²) >= 11 is 0. The van der Waals surface area contributed by atoms with Gasteiger partial charge in [0.25, 0.3) is 11.6 Å². The molecular formula is C23H23N5O2. The number of benzene rings is 1. The van der Waals surface area contributed by atoms with Gasteiger partial charge in [-0.3, -0.25) is 4.79 Å². The molecule has 152 valence electrons. The molecule has 0 fully saturated rings. The summed E-state index contributed by atoms with van der Waals surface area (Å²) in [5, 5.41) is 12.6. The van der Waals surface area contributed by atoms with Crippen LogP contribution in [0.15, 0.2) is 40.9 Å². The van der Waals surface area contributed by atoms with Crippen LogP contribution in [0.1, 0.15) is 59.2 Å². The standard InChI is InChI=1S/C23H23N5O2/c1-13(2)19-12-17(20-14(3)27-30-23(20)24-19)22(29)25-21-16-10-7-11-18(16)26-28(21)15-8-5-4-6-9-15/h4-6,8-9,12-13H,7,10-11H2,1-3H3,(H,25,29). The van der Waals surface area contributed by atoms with E-state index in [9.17, 15) is 4.79 Å². The van der Waals surface area contributed by atoms with E-state index in [1.807, 2.05) is 61.9 Å². The fourth-order valence-corrected chi connectivity index (χ4v) is 4.04. The molecule has 3 heterocycles. The first-order valence-electron chi connectivity index (χ1n) is 10.3. The van der Waals surface area contributed by atoms with Gasteiger partial charge in [0.2, 0.25) is 0 Å². The van der Waals surface area contributed by atoms with Crippen LogP contribution in [0, 0.1) is 6.92 Å². The molecule has 7 nitrogen and oxygen atoms in total. The largest absolute Gasteiger partial charge is 0.336 e. The van der Waals surface area contributed by atoms with Gasteiger partial charge in [0.15, 0.2) is 0 Å². The van der Waals surface area contributed by atoms with E-state index in [4.69, 9.17) is 9.62 Å². The summed E-state index contributed by atoms with van der Waals surface area (Å²) in [5.41, 5.74) is 5.46. The van der Waals surface area contributed by atoms with Crippen LogP contribution in [0.2, 0.25) is 0 Å². The highest BCUT2D eigenvalue weighted by atomic mass is 16.5. The van der Waals surface area contributed by atoms with Gasteiger partial charge in [0, 0.05) is 11.3 Å². The first-order valence-corrected chi connectivity index (χ1v) is 10.3. The normalized spacial score (nSPS) is 13.2. The maximum atomic E-state index is 13.5. The zero-order valence-corrected chi connectivity index (χ0v) is 17.3. The molecule has 3 aromatic heterocycles. The quantitative estimate of drug-likeness (QED) is 0.541. The Bertz CT molecular complexity index is 1250. The molecule has 0 aliphatic heterocycles. The Morgan fingerprint density at radius 2 is 2.00 bits per heavy atom. The summed E-state index contributed by atoms with van der Waals surface area (Å²) in [4.78, 5) is 18.0. The number of carbonyl (C=O) groups excluding carboxylic acids is 1. The van der Waals surface area contributed by atoms with Crippen molar-refractivity contribution in [3.05, 3.63) is 64.6 Å². The van der Waals surface area contributed by atoms with Crippen molar-refractivity contribution in [2.75, 3.05) is 5.32 Å². The van der Waals surface area contributed by atoms with Crippen molar-refractivity contribution in [3.8, 4) is 5.69 Å². The lowest BCUT2D eigenvalue weighted by atomic mass is 10.0. The fraction of sp³-hybridized carbons (Fsp3) is 0.304. The van der Waals surface area contributed by atoms with Gasteiger partial charge in [0.05, 0.1) is 28.0 Å². The number of rotatable bonds is 4. The molecule has 7 heteroatoms. The molecule has 1 amide bonds. The predicted octanol–water partition coefficient (Wildman–Crippen LogP) is 4.58. The van der Waals surface area contributed by atoms with Gasteiger partial charge in [-0.05, 0) is 50.3 Å². The zero-order chi connectivity index (χ0) is 20.8. The number of aromatic nitrogens is 4. The van der Waals surface area contributed by atoms with Crippen LogP contribution in [0.3, 0.4) is 0 Å². The third-order valence-corrected chi connectivity index (χ3v) is 5.61. The molecule has 0 radical (unpaired) electrons. The molecule has 0 saturated heterocycles. The fourth-order valence-electron chi connectivity index (χ4n) is 4.04. The van der Waals surface area contributed by atoms with Gasteiger partial charge < -0.3 is 9.84 Å². The van der Waals surface area contributed by atoms with Crippen molar-refractivity contribution in [1.82, 2.24) is 19.9 Å². The maximum absolute atomic E-state index is 13.5. The third kappa shape index (κ3) is 2.98. The van der Waals surface area contributed by atoms with Crippen LogP contribution in [0.25, 0.3) is 16.8 Å². The molecule has 5 rings (SSSR count). The van der Waals surface area contributed by atoms with Gasteiger partial charge in [-0.25, -0.2) is 9.67 Å². The van der Waals surface area contributed by atoms with Crippen molar-refractivity contribution < 1.29 is 9.32 Å². The second kappa shape index (κ2) is 7.09. The van der Waals surface area contributed by atoms with Crippen LogP contribution in [0.4, 0.5) is 5.82 Å². The Kier molecular flexibility index (Phi) is 4.38. The van der Waals surface area contributed by atoms with Crippen molar-refractivity contribution in [2.45, 2.75) is 46.0 Å². The molecule has 0 saturated carbocycles. The van der Waals surface area contributed by atoms with Crippen LogP contribution in [0.5, 0.6) is 0 Å². The number of pyridine rings is 1. The first-order chi connectivity index (χ1) is 14.5. The number of fused-ring (bicyclic) bond motifs is 2. The summed E-state index contributed by atoms with van der Waals surface area (Å²) in [6.07, 6.45) is 2.89. The van der Waals surface area contributed by atoms with Gasteiger partial charge in [-0.2, -0.15) is 5.10 Å². The zero-order valence-electron chi connectivity index (χ0n) is 17.3. The molecule has 4 aromatic rings. The number of carbonyl (C=O) groups is 1. The lowest BCUT2D eigenvalue weighted by Gasteiger charge is -2.13. The van der Waals surface area contributed by atoms with Gasteiger partial charge in [0.1, 0.15) is 5.82 Å². The SMILES string of the molecule is Cc1noc2nc(C(C)C)cc(C(=O)Nc3c4c(nn3-c3ccccc3)CCC4)c12.